The number of aryl methyl sites for hydroxylation is 2. The molecule has 0 aromatic carbocycles. The second-order valence-corrected chi connectivity index (χ2v) is 11.0. The van der Waals surface area contributed by atoms with Gasteiger partial charge < -0.3 is 15.4 Å². The lowest BCUT2D eigenvalue weighted by Gasteiger charge is -2.47. The SMILES string of the molecule is Cc1ncc(NC(=O)CN2CCC3(CC2)COC3)cc1NC(=O)c1cnn2cc(-c3cnn(C)c3)sc12. The third-order valence-electron chi connectivity index (χ3n) is 7.15. The molecule has 11 nitrogen and oxygen atoms in total. The van der Waals surface area contributed by atoms with Crippen LogP contribution in [0.25, 0.3) is 15.3 Å². The first-order chi connectivity index (χ1) is 17.9. The van der Waals surface area contributed by atoms with Crippen LogP contribution in [0, 0.1) is 12.3 Å². The molecule has 0 bridgehead atoms. The van der Waals surface area contributed by atoms with E-state index in [1.54, 1.807) is 33.9 Å². The van der Waals surface area contributed by atoms with Crippen LogP contribution in [0.15, 0.2) is 37.1 Å². The Morgan fingerprint density at radius 1 is 1.11 bits per heavy atom. The minimum Gasteiger partial charge on any atom is -0.380 e. The van der Waals surface area contributed by atoms with Crippen molar-refractivity contribution in [2.45, 2.75) is 19.8 Å². The first-order valence-corrected chi connectivity index (χ1v) is 13.0. The van der Waals surface area contributed by atoms with Crippen LogP contribution in [0.2, 0.25) is 0 Å². The highest BCUT2D eigenvalue weighted by Gasteiger charge is 2.41. The van der Waals surface area contributed by atoms with E-state index in [1.807, 2.05) is 26.4 Å². The largest absolute Gasteiger partial charge is 0.380 e. The summed E-state index contributed by atoms with van der Waals surface area (Å²) in [4.78, 5) is 34.1. The molecule has 2 aliphatic heterocycles. The molecule has 4 aromatic rings. The van der Waals surface area contributed by atoms with Crippen LogP contribution < -0.4 is 10.6 Å². The highest BCUT2D eigenvalue weighted by molar-refractivity contribution is 7.21. The molecule has 2 saturated heterocycles. The van der Waals surface area contributed by atoms with Crippen LogP contribution in [-0.4, -0.2) is 73.9 Å². The average Bonchev–Trinajstić information content (AvgIpc) is 3.56. The number of anilines is 2. The Morgan fingerprint density at radius 2 is 1.92 bits per heavy atom. The molecule has 0 aliphatic carbocycles. The van der Waals surface area contributed by atoms with Crippen molar-refractivity contribution in [3.05, 3.63) is 48.3 Å². The van der Waals surface area contributed by atoms with E-state index in [0.29, 0.717) is 34.6 Å². The summed E-state index contributed by atoms with van der Waals surface area (Å²) in [6.07, 6.45) is 10.9. The van der Waals surface area contributed by atoms with Crippen molar-refractivity contribution in [1.82, 2.24) is 29.3 Å². The predicted octanol–water partition coefficient (Wildman–Crippen LogP) is 2.80. The van der Waals surface area contributed by atoms with E-state index in [1.165, 1.54) is 11.3 Å². The van der Waals surface area contributed by atoms with Crippen molar-refractivity contribution in [2.75, 3.05) is 43.5 Å². The van der Waals surface area contributed by atoms with Gasteiger partial charge in [-0.25, -0.2) is 4.52 Å². The Labute approximate surface area is 217 Å². The lowest BCUT2D eigenvalue weighted by Crippen LogP contribution is -2.51. The van der Waals surface area contributed by atoms with Gasteiger partial charge in [0.2, 0.25) is 5.91 Å². The summed E-state index contributed by atoms with van der Waals surface area (Å²) in [7, 11) is 1.86. The minimum absolute atomic E-state index is 0.0939. The molecule has 192 valence electrons. The topological polar surface area (TPSA) is 119 Å². The molecule has 2 fully saturated rings. The molecule has 4 aromatic heterocycles. The van der Waals surface area contributed by atoms with Gasteiger partial charge in [0.25, 0.3) is 5.91 Å². The van der Waals surface area contributed by atoms with Gasteiger partial charge in [0, 0.05) is 30.4 Å². The number of hydrogen-bond donors (Lipinski definition) is 2. The van der Waals surface area contributed by atoms with Crippen LogP contribution in [0.3, 0.4) is 0 Å². The number of ether oxygens (including phenoxy) is 1. The highest BCUT2D eigenvalue weighted by Crippen LogP contribution is 2.38. The second kappa shape index (κ2) is 9.36. The van der Waals surface area contributed by atoms with Gasteiger partial charge in [0.05, 0.1) is 65.9 Å². The first-order valence-electron chi connectivity index (χ1n) is 12.2. The molecule has 6 rings (SSSR count). The van der Waals surface area contributed by atoms with Crippen molar-refractivity contribution in [3.8, 4) is 10.4 Å². The summed E-state index contributed by atoms with van der Waals surface area (Å²) < 4.78 is 8.82. The maximum atomic E-state index is 13.2. The fourth-order valence-electron chi connectivity index (χ4n) is 4.81. The summed E-state index contributed by atoms with van der Waals surface area (Å²) in [5.74, 6) is -0.381. The van der Waals surface area contributed by atoms with Gasteiger partial charge in [-0.1, -0.05) is 0 Å². The van der Waals surface area contributed by atoms with Gasteiger partial charge in [-0.05, 0) is 38.9 Å². The number of nitrogens with zero attached hydrogens (tertiary/aromatic N) is 6. The lowest BCUT2D eigenvalue weighted by atomic mass is 9.77. The van der Waals surface area contributed by atoms with Gasteiger partial charge >= 0.3 is 0 Å². The fourth-order valence-corrected chi connectivity index (χ4v) is 5.84. The molecule has 37 heavy (non-hydrogen) atoms. The smallest absolute Gasteiger partial charge is 0.260 e. The molecule has 6 heterocycles. The number of piperidine rings is 1. The highest BCUT2D eigenvalue weighted by atomic mass is 32.1. The zero-order valence-corrected chi connectivity index (χ0v) is 21.5. The quantitative estimate of drug-likeness (QED) is 0.401. The standard InChI is InChI=1S/C25H28N8O3S/c1-16-20(7-18(9-26-16)29-22(34)13-32-5-3-25(4-6-32)14-36-15-25)30-23(35)19-10-28-33-12-21(37-24(19)33)17-8-27-31(2)11-17/h7-12H,3-6,13-15H2,1-2H3,(H,29,34)(H,30,35). The molecule has 0 atom stereocenters. The molecule has 12 heteroatoms. The van der Waals surface area contributed by atoms with Gasteiger partial charge in [-0.2, -0.15) is 10.2 Å². The van der Waals surface area contributed by atoms with Crippen molar-refractivity contribution >= 4 is 39.4 Å². The maximum absolute atomic E-state index is 13.2. The molecular formula is C25H28N8O3S. The Balaban J connectivity index is 1.11. The molecule has 0 radical (unpaired) electrons. The van der Waals surface area contributed by atoms with Gasteiger partial charge in [-0.15, -0.1) is 11.3 Å². The van der Waals surface area contributed by atoms with Crippen LogP contribution in [-0.2, 0) is 16.6 Å². The molecule has 2 amide bonds. The average molecular weight is 521 g/mol. The number of aromatic nitrogens is 5. The summed E-state index contributed by atoms with van der Waals surface area (Å²) >= 11 is 1.48. The van der Waals surface area contributed by atoms with E-state index >= 15 is 0 Å². The van der Waals surface area contributed by atoms with E-state index in [9.17, 15) is 9.59 Å². The van der Waals surface area contributed by atoms with Crippen LogP contribution >= 0.6 is 11.3 Å². The number of rotatable bonds is 6. The normalized spacial score (nSPS) is 17.1. The second-order valence-electron chi connectivity index (χ2n) is 9.93. The number of amides is 2. The van der Waals surface area contributed by atoms with Crippen LogP contribution in [0.5, 0.6) is 0 Å². The number of hydrogen-bond acceptors (Lipinski definition) is 8. The molecule has 0 unspecified atom stereocenters. The number of nitrogens with one attached hydrogen (secondary N) is 2. The molecule has 0 saturated carbocycles. The third-order valence-corrected chi connectivity index (χ3v) is 8.31. The van der Waals surface area contributed by atoms with E-state index in [-0.39, 0.29) is 11.8 Å². The Kier molecular flexibility index (Phi) is 6.01. The number of fused-ring (bicyclic) bond motifs is 1. The van der Waals surface area contributed by atoms with Gasteiger partial charge in [0.15, 0.2) is 0 Å². The van der Waals surface area contributed by atoms with E-state index < -0.39 is 0 Å². The van der Waals surface area contributed by atoms with Crippen molar-refractivity contribution in [3.63, 3.8) is 0 Å². The molecule has 2 aliphatic rings. The molecule has 1 spiro atoms. The van der Waals surface area contributed by atoms with Crippen molar-refractivity contribution < 1.29 is 14.3 Å². The number of carbonyl (C=O) groups excluding carboxylic acids is 2. The summed E-state index contributed by atoms with van der Waals surface area (Å²) in [5, 5.41) is 14.4. The van der Waals surface area contributed by atoms with Gasteiger partial charge in [0.1, 0.15) is 4.83 Å². The van der Waals surface area contributed by atoms with Crippen molar-refractivity contribution in [2.24, 2.45) is 12.5 Å². The first kappa shape index (κ1) is 23.8. The Morgan fingerprint density at radius 3 is 2.62 bits per heavy atom. The molecular weight excluding hydrogens is 492 g/mol. The summed E-state index contributed by atoms with van der Waals surface area (Å²) in [6, 6.07) is 1.74. The zero-order valence-electron chi connectivity index (χ0n) is 20.7. The third kappa shape index (κ3) is 4.75. The number of likely N-dealkylation sites (tertiary alicyclic amines) is 1. The predicted molar refractivity (Wildman–Crippen MR) is 140 cm³/mol. The number of carbonyl (C=O) groups is 2. The fraction of sp³-hybridized carbons (Fsp3) is 0.400. The summed E-state index contributed by atoms with van der Waals surface area (Å²) in [5.41, 5.74) is 3.51. The molecule has 2 N–H and O–H groups in total. The Bertz CT molecular complexity index is 1470. The maximum Gasteiger partial charge on any atom is 0.260 e. The zero-order chi connectivity index (χ0) is 25.6. The van der Waals surface area contributed by atoms with E-state index in [4.69, 9.17) is 4.74 Å². The minimum atomic E-state index is -0.287. The van der Waals surface area contributed by atoms with Gasteiger partial charge in [-0.3, -0.25) is 24.2 Å². The number of pyridine rings is 1. The van der Waals surface area contributed by atoms with E-state index in [2.05, 4.69) is 30.7 Å². The van der Waals surface area contributed by atoms with E-state index in [0.717, 1.165) is 54.4 Å². The number of thiazole rings is 1. The van der Waals surface area contributed by atoms with Crippen LogP contribution in [0.1, 0.15) is 28.9 Å². The van der Waals surface area contributed by atoms with Crippen molar-refractivity contribution in [1.29, 1.82) is 0 Å². The monoisotopic (exact) mass is 520 g/mol. The van der Waals surface area contributed by atoms with Crippen LogP contribution in [0.4, 0.5) is 11.4 Å². The Hall–Kier alpha value is -3.61. The summed E-state index contributed by atoms with van der Waals surface area (Å²) in [6.45, 7) is 5.64. The lowest BCUT2D eigenvalue weighted by molar-refractivity contribution is -0.141.